The van der Waals surface area contributed by atoms with Gasteiger partial charge in [-0.25, -0.2) is 9.37 Å². The van der Waals surface area contributed by atoms with Crippen LogP contribution in [-0.4, -0.2) is 16.7 Å². The summed E-state index contributed by atoms with van der Waals surface area (Å²) >= 11 is 5.95. The van der Waals surface area contributed by atoms with Crippen molar-refractivity contribution in [3.05, 3.63) is 99.3 Å². The Balaban J connectivity index is 1.90. The summed E-state index contributed by atoms with van der Waals surface area (Å²) in [6, 6.07) is 18.7. The van der Waals surface area contributed by atoms with Gasteiger partial charge in [0.1, 0.15) is 17.4 Å². The Labute approximate surface area is 171 Å². The van der Waals surface area contributed by atoms with E-state index in [0.29, 0.717) is 22.4 Å². The highest BCUT2D eigenvalue weighted by Gasteiger charge is 2.12. The van der Waals surface area contributed by atoms with Crippen LogP contribution in [0.4, 0.5) is 4.39 Å². The lowest BCUT2D eigenvalue weighted by Crippen LogP contribution is -2.22. The Hall–Kier alpha value is -3.44. The maximum Gasteiger partial charge on any atom is 0.266 e. The van der Waals surface area contributed by atoms with Gasteiger partial charge in [0.2, 0.25) is 0 Å². The Morgan fingerprint density at radius 3 is 2.52 bits per heavy atom. The van der Waals surface area contributed by atoms with Crippen LogP contribution in [0.2, 0.25) is 5.02 Å². The molecule has 0 bridgehead atoms. The molecule has 1 aromatic heterocycles. The van der Waals surface area contributed by atoms with E-state index in [1.54, 1.807) is 31.4 Å². The molecule has 29 heavy (non-hydrogen) atoms. The van der Waals surface area contributed by atoms with Gasteiger partial charge in [-0.3, -0.25) is 9.36 Å². The Morgan fingerprint density at radius 1 is 1.03 bits per heavy atom. The van der Waals surface area contributed by atoms with E-state index in [0.717, 1.165) is 11.3 Å². The van der Waals surface area contributed by atoms with Gasteiger partial charge in [-0.2, -0.15) is 0 Å². The highest BCUT2D eigenvalue weighted by molar-refractivity contribution is 6.30. The first kappa shape index (κ1) is 18.9. The van der Waals surface area contributed by atoms with Crippen molar-refractivity contribution in [3.8, 4) is 11.4 Å². The molecular formula is C23H16ClFN2O2. The van der Waals surface area contributed by atoms with Crippen LogP contribution in [0.1, 0.15) is 11.4 Å². The molecule has 0 atom stereocenters. The molecule has 0 amide bonds. The average Bonchev–Trinajstić information content (AvgIpc) is 2.75. The van der Waals surface area contributed by atoms with E-state index in [4.69, 9.17) is 16.3 Å². The second-order valence-electron chi connectivity index (χ2n) is 6.33. The summed E-state index contributed by atoms with van der Waals surface area (Å²) in [5.74, 6) is 0.614. The minimum Gasteiger partial charge on any atom is -0.497 e. The lowest BCUT2D eigenvalue weighted by Gasteiger charge is -2.12. The van der Waals surface area contributed by atoms with E-state index < -0.39 is 5.82 Å². The number of hydrogen-bond acceptors (Lipinski definition) is 3. The number of ether oxygens (including phenoxy) is 1. The average molecular weight is 407 g/mol. The third kappa shape index (κ3) is 3.77. The molecule has 144 valence electrons. The summed E-state index contributed by atoms with van der Waals surface area (Å²) in [5.41, 5.74) is 1.68. The molecule has 6 heteroatoms. The molecule has 0 fully saturated rings. The summed E-state index contributed by atoms with van der Waals surface area (Å²) < 4.78 is 20.2. The van der Waals surface area contributed by atoms with E-state index in [9.17, 15) is 9.18 Å². The molecule has 4 rings (SSSR count). The summed E-state index contributed by atoms with van der Waals surface area (Å²) in [6.45, 7) is 0. The van der Waals surface area contributed by atoms with Crippen LogP contribution in [0.15, 0.2) is 71.5 Å². The molecule has 1 heterocycles. The topological polar surface area (TPSA) is 44.1 Å². The van der Waals surface area contributed by atoms with E-state index in [2.05, 4.69) is 4.98 Å². The SMILES string of the molecule is COc1ccc(/C=C/c2nc3ccccc3c(=O)n2-c2ccc(F)c(Cl)c2)cc1. The second-order valence-corrected chi connectivity index (χ2v) is 6.74. The number of hydrogen-bond donors (Lipinski definition) is 0. The van der Waals surface area contributed by atoms with Crippen molar-refractivity contribution >= 4 is 34.7 Å². The molecule has 0 aliphatic carbocycles. The van der Waals surface area contributed by atoms with Gasteiger partial charge in [-0.15, -0.1) is 0 Å². The normalized spacial score (nSPS) is 11.3. The fraction of sp³-hybridized carbons (Fsp3) is 0.0435. The number of halogens is 2. The number of methoxy groups -OCH3 is 1. The van der Waals surface area contributed by atoms with Gasteiger partial charge >= 0.3 is 0 Å². The van der Waals surface area contributed by atoms with Crippen molar-refractivity contribution in [2.45, 2.75) is 0 Å². The number of benzene rings is 3. The van der Waals surface area contributed by atoms with Gasteiger partial charge in [0, 0.05) is 0 Å². The molecular weight excluding hydrogens is 391 g/mol. The Bertz CT molecular complexity index is 1280. The monoisotopic (exact) mass is 406 g/mol. The first-order valence-electron chi connectivity index (χ1n) is 8.86. The summed E-state index contributed by atoms with van der Waals surface area (Å²) in [4.78, 5) is 17.8. The number of para-hydroxylation sites is 1. The number of aromatic nitrogens is 2. The second kappa shape index (κ2) is 7.89. The van der Waals surface area contributed by atoms with Gasteiger partial charge in [-0.1, -0.05) is 41.9 Å². The zero-order valence-corrected chi connectivity index (χ0v) is 16.2. The lowest BCUT2D eigenvalue weighted by molar-refractivity contribution is 0.415. The van der Waals surface area contributed by atoms with Gasteiger partial charge in [0.15, 0.2) is 0 Å². The molecule has 0 N–H and O–H groups in total. The number of nitrogens with zero attached hydrogens (tertiary/aromatic N) is 2. The number of fused-ring (bicyclic) bond motifs is 1. The quantitative estimate of drug-likeness (QED) is 0.458. The van der Waals surface area contributed by atoms with Gasteiger partial charge in [0.25, 0.3) is 5.56 Å². The predicted octanol–water partition coefficient (Wildman–Crippen LogP) is 5.36. The van der Waals surface area contributed by atoms with Crippen LogP contribution in [0.5, 0.6) is 5.75 Å². The molecule has 4 aromatic rings. The van der Waals surface area contributed by atoms with Crippen molar-refractivity contribution in [2.24, 2.45) is 0 Å². The predicted molar refractivity (Wildman–Crippen MR) is 114 cm³/mol. The fourth-order valence-electron chi connectivity index (χ4n) is 3.02. The third-order valence-corrected chi connectivity index (χ3v) is 4.79. The van der Waals surface area contributed by atoms with Gasteiger partial charge in [0.05, 0.1) is 28.7 Å². The molecule has 0 aliphatic heterocycles. The standard InChI is InChI=1S/C23H16ClFN2O2/c1-29-17-10-6-15(7-11-17)8-13-22-26-21-5-3-2-4-18(21)23(28)27(22)16-9-12-20(25)19(24)14-16/h2-14H,1H3/b13-8+. The van der Waals surface area contributed by atoms with Crippen molar-refractivity contribution in [1.82, 2.24) is 9.55 Å². The van der Waals surface area contributed by atoms with Crippen molar-refractivity contribution in [3.63, 3.8) is 0 Å². The first-order chi connectivity index (χ1) is 14.1. The summed E-state index contributed by atoms with van der Waals surface area (Å²) in [7, 11) is 1.61. The summed E-state index contributed by atoms with van der Waals surface area (Å²) in [5, 5.41) is 0.405. The van der Waals surface area contributed by atoms with E-state index in [1.165, 1.54) is 22.8 Å². The fourth-order valence-corrected chi connectivity index (χ4v) is 3.20. The molecule has 4 nitrogen and oxygen atoms in total. The zero-order chi connectivity index (χ0) is 20.4. The van der Waals surface area contributed by atoms with Crippen LogP contribution in [-0.2, 0) is 0 Å². The smallest absolute Gasteiger partial charge is 0.266 e. The molecule has 0 saturated carbocycles. The molecule has 0 aliphatic rings. The molecule has 0 unspecified atom stereocenters. The first-order valence-corrected chi connectivity index (χ1v) is 9.24. The Kier molecular flexibility index (Phi) is 5.14. The highest BCUT2D eigenvalue weighted by Crippen LogP contribution is 2.21. The van der Waals surface area contributed by atoms with E-state index in [1.807, 2.05) is 36.4 Å². The molecule has 3 aromatic carbocycles. The third-order valence-electron chi connectivity index (χ3n) is 4.50. The molecule has 0 saturated heterocycles. The Morgan fingerprint density at radius 2 is 1.79 bits per heavy atom. The maximum absolute atomic E-state index is 13.6. The van der Waals surface area contributed by atoms with Gasteiger partial charge in [-0.05, 0) is 54.1 Å². The largest absolute Gasteiger partial charge is 0.497 e. The van der Waals surface area contributed by atoms with Crippen molar-refractivity contribution < 1.29 is 9.13 Å². The minimum absolute atomic E-state index is 0.0624. The number of rotatable bonds is 4. The minimum atomic E-state index is -0.549. The maximum atomic E-state index is 13.6. The molecule has 0 spiro atoms. The van der Waals surface area contributed by atoms with Crippen LogP contribution < -0.4 is 10.3 Å². The lowest BCUT2D eigenvalue weighted by atomic mass is 10.2. The van der Waals surface area contributed by atoms with Crippen molar-refractivity contribution in [2.75, 3.05) is 7.11 Å². The van der Waals surface area contributed by atoms with Crippen LogP contribution in [0.25, 0.3) is 28.7 Å². The molecule has 0 radical (unpaired) electrons. The van der Waals surface area contributed by atoms with Crippen LogP contribution in [0, 0.1) is 5.82 Å². The van der Waals surface area contributed by atoms with Crippen molar-refractivity contribution in [1.29, 1.82) is 0 Å². The van der Waals surface area contributed by atoms with E-state index in [-0.39, 0.29) is 10.6 Å². The highest BCUT2D eigenvalue weighted by atomic mass is 35.5. The zero-order valence-electron chi connectivity index (χ0n) is 15.5. The van der Waals surface area contributed by atoms with E-state index >= 15 is 0 Å². The van der Waals surface area contributed by atoms with Crippen LogP contribution in [0.3, 0.4) is 0 Å². The van der Waals surface area contributed by atoms with Crippen LogP contribution >= 0.6 is 11.6 Å². The summed E-state index contributed by atoms with van der Waals surface area (Å²) in [6.07, 6.45) is 3.59. The van der Waals surface area contributed by atoms with Gasteiger partial charge < -0.3 is 4.74 Å².